The van der Waals surface area contributed by atoms with E-state index in [1.165, 1.54) is 4.90 Å². The zero-order valence-electron chi connectivity index (χ0n) is 18.9. The van der Waals surface area contributed by atoms with Gasteiger partial charge in [-0.15, -0.1) is 12.4 Å². The Bertz CT molecular complexity index is 1400. The second-order valence-corrected chi connectivity index (χ2v) is 7.59. The smallest absolute Gasteiger partial charge is 0.305 e. The number of rotatable bonds is 8. The quantitative estimate of drug-likeness (QED) is 0.382. The van der Waals surface area contributed by atoms with Gasteiger partial charge < -0.3 is 15.0 Å². The highest BCUT2D eigenvalue weighted by molar-refractivity contribution is 6.07. The zero-order chi connectivity index (χ0) is 24.1. The van der Waals surface area contributed by atoms with E-state index in [0.29, 0.717) is 29.0 Å². The summed E-state index contributed by atoms with van der Waals surface area (Å²) in [4.78, 5) is 34.7. The van der Waals surface area contributed by atoms with Crippen molar-refractivity contribution in [1.29, 1.82) is 5.26 Å². The number of aliphatic carboxylic acids is 1. The highest BCUT2D eigenvalue weighted by Gasteiger charge is 2.21. The molecule has 2 N–H and O–H groups in total. The van der Waals surface area contributed by atoms with E-state index in [-0.39, 0.29) is 31.3 Å². The van der Waals surface area contributed by atoms with Gasteiger partial charge in [0.2, 0.25) is 0 Å². The largest absolute Gasteiger partial charge is 0.481 e. The molecule has 2 aromatic carbocycles. The number of hydrogen-bond acceptors (Lipinski definition) is 6. The summed E-state index contributed by atoms with van der Waals surface area (Å²) < 4.78 is 1.92. The van der Waals surface area contributed by atoms with Crippen molar-refractivity contribution in [2.24, 2.45) is 7.05 Å². The number of carbonyl (C=O) groups is 2. The van der Waals surface area contributed by atoms with Crippen LogP contribution in [0, 0.1) is 11.3 Å². The van der Waals surface area contributed by atoms with Crippen molar-refractivity contribution in [2.75, 3.05) is 16.8 Å². The molecule has 0 bridgehead atoms. The number of pyridine rings is 1. The van der Waals surface area contributed by atoms with Gasteiger partial charge in [-0.1, -0.05) is 18.2 Å². The fourth-order valence-corrected chi connectivity index (χ4v) is 3.65. The zero-order valence-corrected chi connectivity index (χ0v) is 19.7. The third kappa shape index (κ3) is 5.57. The molecule has 0 atom stereocenters. The monoisotopic (exact) mass is 490 g/mol. The molecule has 10 heteroatoms. The number of imidazole rings is 1. The first-order valence-electron chi connectivity index (χ1n) is 10.6. The van der Waals surface area contributed by atoms with Crippen LogP contribution in [-0.4, -0.2) is 38.1 Å². The number of anilines is 2. The van der Waals surface area contributed by atoms with Crippen LogP contribution in [0.15, 0.2) is 66.9 Å². The molecule has 2 aromatic heterocycles. The predicted octanol–water partition coefficient (Wildman–Crippen LogP) is 4.00. The number of carbonyl (C=O) groups excluding carboxylic acids is 1. The molecule has 2 heterocycles. The summed E-state index contributed by atoms with van der Waals surface area (Å²) >= 11 is 0. The second-order valence-electron chi connectivity index (χ2n) is 7.59. The highest BCUT2D eigenvalue weighted by atomic mass is 35.5. The topological polar surface area (TPSA) is 124 Å². The van der Waals surface area contributed by atoms with Gasteiger partial charge >= 0.3 is 5.97 Å². The molecule has 0 saturated heterocycles. The van der Waals surface area contributed by atoms with Crippen LogP contribution in [0.5, 0.6) is 0 Å². The van der Waals surface area contributed by atoms with Crippen molar-refractivity contribution < 1.29 is 14.7 Å². The molecule has 4 aromatic rings. The summed E-state index contributed by atoms with van der Waals surface area (Å²) in [6.45, 7) is 0.394. The van der Waals surface area contributed by atoms with Crippen LogP contribution in [-0.2, 0) is 18.4 Å². The minimum atomic E-state index is -0.996. The summed E-state index contributed by atoms with van der Waals surface area (Å²) in [5, 5.41) is 21.6. The van der Waals surface area contributed by atoms with Gasteiger partial charge in [0.25, 0.3) is 5.91 Å². The molecule has 0 unspecified atom stereocenters. The Morgan fingerprint density at radius 1 is 1.14 bits per heavy atom. The third-order valence-corrected chi connectivity index (χ3v) is 5.43. The van der Waals surface area contributed by atoms with E-state index < -0.39 is 5.97 Å². The maximum atomic E-state index is 13.3. The van der Waals surface area contributed by atoms with Crippen molar-refractivity contribution in [3.05, 3.63) is 83.8 Å². The van der Waals surface area contributed by atoms with Gasteiger partial charge in [0.15, 0.2) is 0 Å². The molecule has 0 aliphatic carbocycles. The van der Waals surface area contributed by atoms with E-state index in [1.54, 1.807) is 42.6 Å². The van der Waals surface area contributed by atoms with Gasteiger partial charge in [-0.05, 0) is 42.5 Å². The molecule has 0 fully saturated rings. The van der Waals surface area contributed by atoms with Gasteiger partial charge in [0.1, 0.15) is 17.7 Å². The number of hydrogen-bond donors (Lipinski definition) is 2. The minimum Gasteiger partial charge on any atom is -0.481 e. The van der Waals surface area contributed by atoms with Crippen LogP contribution >= 0.6 is 12.4 Å². The fourth-order valence-electron chi connectivity index (χ4n) is 3.65. The SMILES string of the molecule is Cl.Cn1c(CNc2ccccc2C#N)nc2cc(C(=O)N(CCC(=O)O)c3ccccn3)ccc21. The van der Waals surface area contributed by atoms with Crippen LogP contribution in [0.4, 0.5) is 11.5 Å². The molecule has 0 aliphatic rings. The number of benzene rings is 2. The van der Waals surface area contributed by atoms with E-state index >= 15 is 0 Å². The Labute approximate surface area is 208 Å². The summed E-state index contributed by atoms with van der Waals surface area (Å²) in [5.74, 6) is -0.227. The fraction of sp³-hybridized carbons (Fsp3) is 0.160. The number of halogens is 1. The summed E-state index contributed by atoms with van der Waals surface area (Å²) in [5.41, 5.74) is 3.13. The third-order valence-electron chi connectivity index (χ3n) is 5.43. The molecule has 178 valence electrons. The first-order valence-corrected chi connectivity index (χ1v) is 10.6. The van der Waals surface area contributed by atoms with Gasteiger partial charge in [0, 0.05) is 25.4 Å². The lowest BCUT2D eigenvalue weighted by Gasteiger charge is -2.21. The summed E-state index contributed by atoms with van der Waals surface area (Å²) in [6.07, 6.45) is 1.36. The van der Waals surface area contributed by atoms with Crippen molar-refractivity contribution in [2.45, 2.75) is 13.0 Å². The molecule has 0 radical (unpaired) electrons. The first kappa shape index (κ1) is 25.2. The van der Waals surface area contributed by atoms with Gasteiger partial charge in [0.05, 0.1) is 35.2 Å². The molecule has 0 aliphatic heterocycles. The minimum absolute atomic E-state index is 0. The van der Waals surface area contributed by atoms with Crippen molar-refractivity contribution in [3.8, 4) is 6.07 Å². The van der Waals surface area contributed by atoms with E-state index in [0.717, 1.165) is 17.0 Å². The Hall–Kier alpha value is -4.42. The lowest BCUT2D eigenvalue weighted by atomic mass is 10.1. The van der Waals surface area contributed by atoms with E-state index in [9.17, 15) is 14.9 Å². The number of amides is 1. The Morgan fingerprint density at radius 3 is 2.63 bits per heavy atom. The maximum absolute atomic E-state index is 13.3. The maximum Gasteiger partial charge on any atom is 0.305 e. The number of carboxylic acid groups (broad SMARTS) is 1. The molecule has 4 rings (SSSR count). The Morgan fingerprint density at radius 2 is 1.91 bits per heavy atom. The summed E-state index contributed by atoms with van der Waals surface area (Å²) in [6, 6.07) is 19.8. The van der Waals surface area contributed by atoms with Crippen molar-refractivity contribution in [3.63, 3.8) is 0 Å². The lowest BCUT2D eigenvalue weighted by molar-refractivity contribution is -0.136. The lowest BCUT2D eigenvalue weighted by Crippen LogP contribution is -2.33. The number of nitrogens with one attached hydrogen (secondary N) is 1. The number of nitrogens with zero attached hydrogens (tertiary/aromatic N) is 5. The van der Waals surface area contributed by atoms with Gasteiger partial charge in [-0.3, -0.25) is 14.5 Å². The van der Waals surface area contributed by atoms with Gasteiger partial charge in [-0.25, -0.2) is 9.97 Å². The number of aromatic nitrogens is 3. The van der Waals surface area contributed by atoms with E-state index in [4.69, 9.17) is 5.11 Å². The normalized spacial score (nSPS) is 10.3. The number of fused-ring (bicyclic) bond motifs is 1. The molecule has 35 heavy (non-hydrogen) atoms. The number of para-hydroxylation sites is 1. The van der Waals surface area contributed by atoms with Gasteiger partial charge in [-0.2, -0.15) is 5.26 Å². The van der Waals surface area contributed by atoms with E-state index in [2.05, 4.69) is 21.4 Å². The van der Waals surface area contributed by atoms with Crippen LogP contribution in [0.2, 0.25) is 0 Å². The number of aryl methyl sites for hydroxylation is 1. The van der Waals surface area contributed by atoms with E-state index in [1.807, 2.05) is 35.9 Å². The van der Waals surface area contributed by atoms with Crippen LogP contribution in [0.3, 0.4) is 0 Å². The van der Waals surface area contributed by atoms with Crippen LogP contribution in [0.1, 0.15) is 28.2 Å². The number of carboxylic acids is 1. The first-order chi connectivity index (χ1) is 16.5. The average molecular weight is 491 g/mol. The molecular weight excluding hydrogens is 468 g/mol. The second kappa shape index (κ2) is 11.1. The molecule has 0 saturated carbocycles. The van der Waals surface area contributed by atoms with Crippen LogP contribution < -0.4 is 10.2 Å². The van der Waals surface area contributed by atoms with Crippen LogP contribution in [0.25, 0.3) is 11.0 Å². The number of nitriles is 1. The molecule has 1 amide bonds. The molecular formula is C25H23ClN6O3. The summed E-state index contributed by atoms with van der Waals surface area (Å²) in [7, 11) is 1.89. The molecule has 9 nitrogen and oxygen atoms in total. The highest BCUT2D eigenvalue weighted by Crippen LogP contribution is 2.21. The molecule has 0 spiro atoms. The Balaban J connectivity index is 0.00000342. The van der Waals surface area contributed by atoms with Crippen molar-refractivity contribution in [1.82, 2.24) is 14.5 Å². The Kier molecular flexibility index (Phi) is 8.02. The predicted molar refractivity (Wildman–Crippen MR) is 135 cm³/mol. The average Bonchev–Trinajstić information content (AvgIpc) is 3.18. The standard InChI is InChI=1S/C25H22N6O3.ClH/c1-30-21-10-9-17(25(34)31(13-11-24(32)33)22-8-4-5-12-27-22)14-20(21)29-23(30)16-28-19-7-3-2-6-18(19)15-26;/h2-10,12,14,28H,11,13,16H2,1H3,(H,32,33);1H. The van der Waals surface area contributed by atoms with Crippen molar-refractivity contribution >= 4 is 46.8 Å².